The van der Waals surface area contributed by atoms with Gasteiger partial charge in [0.2, 0.25) is 0 Å². The van der Waals surface area contributed by atoms with Crippen molar-refractivity contribution in [2.24, 2.45) is 23.2 Å². The van der Waals surface area contributed by atoms with Crippen molar-refractivity contribution in [1.82, 2.24) is 0 Å². The van der Waals surface area contributed by atoms with Crippen LogP contribution in [0.15, 0.2) is 0 Å². The zero-order valence-corrected chi connectivity index (χ0v) is 25.5. The van der Waals surface area contributed by atoms with Crippen LogP contribution in [-0.2, 0) is 8.85 Å². The van der Waals surface area contributed by atoms with Crippen molar-refractivity contribution in [2.75, 3.05) is 6.61 Å². The van der Waals surface area contributed by atoms with Gasteiger partial charge in [-0.2, -0.15) is 0 Å². The van der Waals surface area contributed by atoms with E-state index in [1.807, 2.05) is 0 Å². The number of fused-ring (bicyclic) bond motifs is 1. The third-order valence-corrected chi connectivity index (χ3v) is 19.6. The van der Waals surface area contributed by atoms with Crippen LogP contribution >= 0.6 is 0 Å². The number of hydrogen-bond acceptors (Lipinski definition) is 4. The summed E-state index contributed by atoms with van der Waals surface area (Å²) < 4.78 is 13.9. The molecule has 0 aromatic rings. The molecule has 6 heteroatoms. The summed E-state index contributed by atoms with van der Waals surface area (Å²) in [5.41, 5.74) is 0.219. The van der Waals surface area contributed by atoms with Crippen LogP contribution in [0.25, 0.3) is 0 Å². The zero-order valence-electron chi connectivity index (χ0n) is 23.5. The maximum Gasteiger partial charge on any atom is 0.192 e. The Hall–Kier alpha value is 0.274. The maximum atomic E-state index is 10.9. The summed E-state index contributed by atoms with van der Waals surface area (Å²) in [7, 11) is -3.72. The lowest BCUT2D eigenvalue weighted by Gasteiger charge is -2.51. The van der Waals surface area contributed by atoms with Crippen molar-refractivity contribution in [3.63, 3.8) is 0 Å². The lowest BCUT2D eigenvalue weighted by atomic mass is 9.61. The highest BCUT2D eigenvalue weighted by Crippen LogP contribution is 2.60. The quantitative estimate of drug-likeness (QED) is 0.301. The summed E-state index contributed by atoms with van der Waals surface area (Å²) in [6.45, 7) is 23.1. The first-order chi connectivity index (χ1) is 15.2. The maximum absolute atomic E-state index is 10.9. The average molecular weight is 501 g/mol. The van der Waals surface area contributed by atoms with Gasteiger partial charge in [0.25, 0.3) is 0 Å². The number of hydrogen-bond donors (Lipinski definition) is 2. The second-order valence-corrected chi connectivity index (χ2v) is 22.5. The van der Waals surface area contributed by atoms with Crippen molar-refractivity contribution in [2.45, 2.75) is 142 Å². The van der Waals surface area contributed by atoms with Crippen molar-refractivity contribution < 1.29 is 19.1 Å². The van der Waals surface area contributed by atoms with Crippen LogP contribution in [0.2, 0.25) is 36.3 Å². The van der Waals surface area contributed by atoms with E-state index < -0.39 is 22.7 Å². The standard InChI is InChI=1S/C27H56O4Si2/c1-11-33(12-2,13-3)31-25(23(29)19-28)20(4)21-16-17-22-24(15-14-18-27(21,22)8)30-32(9,10)26(5,6)7/h20-25,28-29H,11-19H2,1-10H3/t20-,21+,22-,23-,24-,25+,27+/m0/s1. The fourth-order valence-electron chi connectivity index (χ4n) is 6.88. The largest absolute Gasteiger partial charge is 0.414 e. The van der Waals surface area contributed by atoms with Gasteiger partial charge in [-0.1, -0.05) is 61.8 Å². The summed E-state index contributed by atoms with van der Waals surface area (Å²) in [6, 6.07) is 3.19. The van der Waals surface area contributed by atoms with Crippen molar-refractivity contribution >= 4 is 16.6 Å². The first-order valence-electron chi connectivity index (χ1n) is 13.9. The molecule has 0 spiro atoms. The summed E-state index contributed by atoms with van der Waals surface area (Å²) in [6.07, 6.45) is 5.32. The molecule has 2 fully saturated rings. The van der Waals surface area contributed by atoms with E-state index in [9.17, 15) is 10.2 Å². The summed E-state index contributed by atoms with van der Waals surface area (Å²) >= 11 is 0. The van der Waals surface area contributed by atoms with Crippen LogP contribution in [0.5, 0.6) is 0 Å². The van der Waals surface area contributed by atoms with Crippen LogP contribution in [0.1, 0.15) is 87.5 Å². The average Bonchev–Trinajstić information content (AvgIpc) is 3.11. The van der Waals surface area contributed by atoms with Crippen LogP contribution in [0, 0.1) is 23.2 Å². The van der Waals surface area contributed by atoms with E-state index in [4.69, 9.17) is 8.85 Å². The van der Waals surface area contributed by atoms with E-state index >= 15 is 0 Å². The van der Waals surface area contributed by atoms with Crippen LogP contribution in [0.3, 0.4) is 0 Å². The van der Waals surface area contributed by atoms with Gasteiger partial charge >= 0.3 is 0 Å². The number of aliphatic hydroxyl groups is 2. The van der Waals surface area contributed by atoms with E-state index in [1.54, 1.807) is 0 Å². The second-order valence-electron chi connectivity index (χ2n) is 13.0. The van der Waals surface area contributed by atoms with Gasteiger partial charge in [-0.05, 0) is 85.1 Å². The van der Waals surface area contributed by atoms with E-state index in [1.165, 1.54) is 32.1 Å². The van der Waals surface area contributed by atoms with Crippen LogP contribution in [0.4, 0.5) is 0 Å². The van der Waals surface area contributed by atoms with Gasteiger partial charge in [-0.15, -0.1) is 0 Å². The van der Waals surface area contributed by atoms with Gasteiger partial charge in [-0.25, -0.2) is 0 Å². The Morgan fingerprint density at radius 1 is 1.03 bits per heavy atom. The van der Waals surface area contributed by atoms with Crippen LogP contribution < -0.4 is 0 Å². The predicted molar refractivity (Wildman–Crippen MR) is 145 cm³/mol. The van der Waals surface area contributed by atoms with E-state index in [0.29, 0.717) is 17.9 Å². The SMILES string of the molecule is CC[Si](CC)(CC)O[C@H]([C@@H](C)[C@H]1CC[C@H]2[C@@H](O[Si](C)(C)C(C)(C)C)CCC[C@]12C)[C@@H](O)CO. The molecule has 0 aliphatic heterocycles. The van der Waals surface area contributed by atoms with Gasteiger partial charge in [0, 0.05) is 6.10 Å². The Labute approximate surface area is 207 Å². The molecule has 2 aliphatic carbocycles. The number of rotatable bonds is 11. The fourth-order valence-corrected chi connectivity index (χ4v) is 11.2. The Kier molecular flexibility index (Phi) is 9.94. The Morgan fingerprint density at radius 3 is 2.09 bits per heavy atom. The highest BCUT2D eigenvalue weighted by molar-refractivity contribution is 6.74. The van der Waals surface area contributed by atoms with Gasteiger partial charge in [0.1, 0.15) is 6.10 Å². The molecule has 0 saturated heterocycles. The third kappa shape index (κ3) is 5.99. The summed E-state index contributed by atoms with van der Waals surface area (Å²) in [4.78, 5) is 0. The molecule has 33 heavy (non-hydrogen) atoms. The molecule has 2 rings (SSSR count). The van der Waals surface area contributed by atoms with E-state index in [-0.39, 0.29) is 29.1 Å². The predicted octanol–water partition coefficient (Wildman–Crippen LogP) is 6.97. The van der Waals surface area contributed by atoms with Crippen LogP contribution in [-0.4, -0.2) is 51.8 Å². The minimum Gasteiger partial charge on any atom is -0.414 e. The Morgan fingerprint density at radius 2 is 1.61 bits per heavy atom. The minimum absolute atomic E-state index is 0.219. The molecule has 2 saturated carbocycles. The van der Waals surface area contributed by atoms with Gasteiger partial charge < -0.3 is 19.1 Å². The molecule has 0 bridgehead atoms. The topological polar surface area (TPSA) is 58.9 Å². The third-order valence-electron chi connectivity index (χ3n) is 10.4. The molecule has 0 aromatic carbocycles. The first-order valence-corrected chi connectivity index (χ1v) is 19.3. The molecular weight excluding hydrogens is 444 g/mol. The molecule has 7 atom stereocenters. The summed E-state index contributed by atoms with van der Waals surface area (Å²) in [5, 5.41) is 21.1. The molecule has 2 aliphatic rings. The molecule has 0 heterocycles. The molecule has 0 unspecified atom stereocenters. The highest BCUT2D eigenvalue weighted by Gasteiger charge is 2.56. The molecule has 2 N–H and O–H groups in total. The molecule has 4 nitrogen and oxygen atoms in total. The molecule has 196 valence electrons. The molecule has 0 amide bonds. The zero-order chi connectivity index (χ0) is 25.2. The van der Waals surface area contributed by atoms with Gasteiger partial charge in [0.15, 0.2) is 16.6 Å². The Bertz CT molecular complexity index is 607. The lowest BCUT2D eigenvalue weighted by molar-refractivity contribution is -0.0751. The van der Waals surface area contributed by atoms with E-state index in [0.717, 1.165) is 18.1 Å². The second kappa shape index (κ2) is 11.1. The fraction of sp³-hybridized carbons (Fsp3) is 1.00. The lowest BCUT2D eigenvalue weighted by Crippen LogP contribution is -2.53. The smallest absolute Gasteiger partial charge is 0.192 e. The Balaban J connectivity index is 2.29. The van der Waals surface area contributed by atoms with Gasteiger partial charge in [-0.3, -0.25) is 0 Å². The number of aliphatic hydroxyl groups excluding tert-OH is 2. The van der Waals surface area contributed by atoms with Crippen molar-refractivity contribution in [1.29, 1.82) is 0 Å². The first kappa shape index (κ1) is 29.5. The normalized spacial score (nSPS) is 31.8. The monoisotopic (exact) mass is 500 g/mol. The van der Waals surface area contributed by atoms with Crippen molar-refractivity contribution in [3.8, 4) is 0 Å². The highest BCUT2D eigenvalue weighted by atomic mass is 28.4. The minimum atomic E-state index is -1.90. The van der Waals surface area contributed by atoms with Gasteiger partial charge in [0.05, 0.1) is 12.7 Å². The van der Waals surface area contributed by atoms with Crippen molar-refractivity contribution in [3.05, 3.63) is 0 Å². The van der Waals surface area contributed by atoms with E-state index in [2.05, 4.69) is 68.5 Å². The molecule has 0 radical (unpaired) electrons. The molecular formula is C27H56O4Si2. The summed E-state index contributed by atoms with van der Waals surface area (Å²) in [5.74, 6) is 1.31. The molecule has 0 aromatic heterocycles.